The largest absolute Gasteiger partial charge is 0.480 e. The van der Waals surface area contributed by atoms with Crippen molar-refractivity contribution in [2.24, 2.45) is 5.92 Å². The molecular weight excluding hydrogens is 604 g/mol. The lowest BCUT2D eigenvalue weighted by Gasteiger charge is -2.27. The lowest BCUT2D eigenvalue weighted by molar-refractivity contribution is -0.142. The average Bonchev–Trinajstić information content (AvgIpc) is 3.76. The first-order chi connectivity index (χ1) is 22.6. The Bertz CT molecular complexity index is 1480. The quantitative estimate of drug-likeness (QED) is 0.167. The third-order valence-corrected chi connectivity index (χ3v) is 7.84. The lowest BCUT2D eigenvalue weighted by Crippen LogP contribution is -2.58. The summed E-state index contributed by atoms with van der Waals surface area (Å²) in [5.41, 5.74) is 2.12. The Labute approximate surface area is 273 Å². The zero-order valence-electron chi connectivity index (χ0n) is 26.6. The van der Waals surface area contributed by atoms with Crippen LogP contribution in [0.3, 0.4) is 0 Å². The molecule has 0 aliphatic carbocycles. The van der Waals surface area contributed by atoms with Gasteiger partial charge in [-0.15, -0.1) is 0 Å². The van der Waals surface area contributed by atoms with Gasteiger partial charge in [0.2, 0.25) is 17.7 Å². The average molecular weight is 647 g/mol. The summed E-state index contributed by atoms with van der Waals surface area (Å²) in [7, 11) is 0. The van der Waals surface area contributed by atoms with E-state index in [0.29, 0.717) is 25.1 Å². The van der Waals surface area contributed by atoms with Gasteiger partial charge in [-0.1, -0.05) is 74.5 Å². The van der Waals surface area contributed by atoms with Crippen LogP contribution in [-0.2, 0) is 43.4 Å². The van der Waals surface area contributed by atoms with Crippen LogP contribution in [0.5, 0.6) is 0 Å². The summed E-state index contributed by atoms with van der Waals surface area (Å²) in [6.45, 7) is 4.08. The maximum atomic E-state index is 13.9. The van der Waals surface area contributed by atoms with Crippen LogP contribution in [-0.4, -0.2) is 80.5 Å². The smallest absolute Gasteiger partial charge is 0.410 e. The minimum atomic E-state index is -1.18. The molecule has 1 aromatic heterocycles. The monoisotopic (exact) mass is 646 g/mol. The van der Waals surface area contributed by atoms with Crippen molar-refractivity contribution in [1.82, 2.24) is 30.8 Å². The molecular formula is C34H42N6O7. The molecule has 47 heavy (non-hydrogen) atoms. The number of H-pyrrole nitrogens is 1. The Morgan fingerprint density at radius 2 is 1.51 bits per heavy atom. The molecule has 1 saturated heterocycles. The third-order valence-electron chi connectivity index (χ3n) is 7.84. The van der Waals surface area contributed by atoms with Gasteiger partial charge in [-0.25, -0.2) is 14.6 Å². The van der Waals surface area contributed by atoms with Gasteiger partial charge in [0.15, 0.2) is 0 Å². The topological polar surface area (TPSA) is 183 Å². The van der Waals surface area contributed by atoms with Crippen LogP contribution in [0.2, 0.25) is 0 Å². The molecule has 0 spiro atoms. The van der Waals surface area contributed by atoms with Gasteiger partial charge in [0, 0.05) is 31.3 Å². The number of nitrogens with zero attached hydrogens (tertiary/aromatic N) is 2. The molecule has 4 unspecified atom stereocenters. The number of benzene rings is 2. The molecule has 4 amide bonds. The second-order valence-corrected chi connectivity index (χ2v) is 12.0. The van der Waals surface area contributed by atoms with Gasteiger partial charge < -0.3 is 30.8 Å². The number of carboxylic acids is 1. The summed E-state index contributed by atoms with van der Waals surface area (Å²) in [4.78, 5) is 74.0. The number of carboxylic acid groups (broad SMARTS) is 1. The molecule has 4 atom stereocenters. The van der Waals surface area contributed by atoms with Gasteiger partial charge in [0.1, 0.15) is 30.8 Å². The number of aromatic nitrogens is 2. The van der Waals surface area contributed by atoms with Crippen LogP contribution in [0.4, 0.5) is 4.79 Å². The van der Waals surface area contributed by atoms with E-state index >= 15 is 0 Å². The third kappa shape index (κ3) is 10.4. The SMILES string of the molecule is CC(C)CC(NC(=O)C(Cc1cnc[nH]1)NC(=O)C(Cc1ccccc1)NC(=O)C1CCCN1C(=O)OCc1ccccc1)C(=O)O. The number of hydrogen-bond donors (Lipinski definition) is 5. The maximum Gasteiger partial charge on any atom is 0.410 e. The van der Waals surface area contributed by atoms with E-state index in [1.165, 1.54) is 17.4 Å². The van der Waals surface area contributed by atoms with E-state index in [9.17, 15) is 29.1 Å². The number of amides is 4. The molecule has 2 aromatic carbocycles. The number of likely N-dealkylation sites (tertiary alicyclic amines) is 1. The fourth-order valence-corrected chi connectivity index (χ4v) is 5.45. The van der Waals surface area contributed by atoms with Gasteiger partial charge >= 0.3 is 12.1 Å². The molecule has 5 N–H and O–H groups in total. The second-order valence-electron chi connectivity index (χ2n) is 12.0. The summed E-state index contributed by atoms with van der Waals surface area (Å²) in [5.74, 6) is -3.04. The zero-order chi connectivity index (χ0) is 33.8. The Balaban J connectivity index is 1.50. The highest BCUT2D eigenvalue weighted by molar-refractivity contribution is 5.95. The molecule has 0 bridgehead atoms. The first kappa shape index (κ1) is 34.7. The fourth-order valence-electron chi connectivity index (χ4n) is 5.45. The van der Waals surface area contributed by atoms with Gasteiger partial charge in [-0.2, -0.15) is 0 Å². The molecule has 13 heteroatoms. The number of rotatable bonds is 15. The highest BCUT2D eigenvalue weighted by atomic mass is 16.6. The Morgan fingerprint density at radius 1 is 0.894 bits per heavy atom. The molecule has 250 valence electrons. The van der Waals surface area contributed by atoms with Crippen molar-refractivity contribution in [3.8, 4) is 0 Å². The number of ether oxygens (including phenoxy) is 1. The number of imidazole rings is 1. The molecule has 2 heterocycles. The Hall–Kier alpha value is -5.20. The normalized spacial score (nSPS) is 16.1. The second kappa shape index (κ2) is 16.9. The van der Waals surface area contributed by atoms with Crippen LogP contribution in [0.25, 0.3) is 0 Å². The van der Waals surface area contributed by atoms with E-state index < -0.39 is 54.0 Å². The van der Waals surface area contributed by atoms with Crippen LogP contribution >= 0.6 is 0 Å². The number of carbonyl (C=O) groups excluding carboxylic acids is 4. The van der Waals surface area contributed by atoms with Crippen molar-refractivity contribution in [2.45, 2.75) is 76.7 Å². The fraction of sp³-hybridized carbons (Fsp3) is 0.412. The standard InChI is InChI=1S/C34H42N6O7/c1-22(2)16-28(33(44)45)39-31(42)27(18-25-19-35-21-36-25)37-30(41)26(17-23-10-5-3-6-11-23)38-32(43)29-14-9-15-40(29)34(46)47-20-24-12-7-4-8-13-24/h3-8,10-13,19,21-22,26-29H,9,14-18,20H2,1-2H3,(H,35,36)(H,37,41)(H,38,43)(H,39,42)(H,44,45). The first-order valence-electron chi connectivity index (χ1n) is 15.7. The zero-order valence-corrected chi connectivity index (χ0v) is 26.6. The van der Waals surface area contributed by atoms with E-state index in [-0.39, 0.29) is 31.8 Å². The highest BCUT2D eigenvalue weighted by Crippen LogP contribution is 2.20. The predicted octanol–water partition coefficient (Wildman–Crippen LogP) is 2.58. The molecule has 1 fully saturated rings. The van der Waals surface area contributed by atoms with Crippen molar-refractivity contribution >= 4 is 29.8 Å². The molecule has 0 saturated carbocycles. The van der Waals surface area contributed by atoms with E-state index in [1.54, 1.807) is 0 Å². The van der Waals surface area contributed by atoms with Gasteiger partial charge in [0.05, 0.1) is 6.33 Å². The summed E-state index contributed by atoms with van der Waals surface area (Å²) in [6, 6.07) is 14.0. The summed E-state index contributed by atoms with van der Waals surface area (Å²) in [5, 5.41) is 17.8. The molecule has 0 radical (unpaired) electrons. The van der Waals surface area contributed by atoms with E-state index in [4.69, 9.17) is 4.74 Å². The number of nitrogens with one attached hydrogen (secondary N) is 4. The minimum Gasteiger partial charge on any atom is -0.480 e. The van der Waals surface area contributed by atoms with Crippen molar-refractivity contribution < 1.29 is 33.8 Å². The van der Waals surface area contributed by atoms with Crippen molar-refractivity contribution in [3.63, 3.8) is 0 Å². The number of aliphatic carboxylic acids is 1. The molecule has 13 nitrogen and oxygen atoms in total. The first-order valence-corrected chi connectivity index (χ1v) is 15.7. The summed E-state index contributed by atoms with van der Waals surface area (Å²) < 4.78 is 5.48. The Morgan fingerprint density at radius 3 is 2.11 bits per heavy atom. The molecule has 1 aliphatic rings. The van der Waals surface area contributed by atoms with Crippen LogP contribution in [0, 0.1) is 5.92 Å². The number of aromatic amines is 1. The van der Waals surface area contributed by atoms with Crippen molar-refractivity contribution in [2.75, 3.05) is 6.54 Å². The molecule has 4 rings (SSSR count). The van der Waals surface area contributed by atoms with Gasteiger partial charge in [-0.05, 0) is 36.3 Å². The number of carbonyl (C=O) groups is 5. The summed E-state index contributed by atoms with van der Waals surface area (Å²) in [6.07, 6.45) is 3.59. The van der Waals surface area contributed by atoms with E-state index in [0.717, 1.165) is 11.1 Å². The van der Waals surface area contributed by atoms with E-state index in [2.05, 4.69) is 25.9 Å². The van der Waals surface area contributed by atoms with Crippen LogP contribution in [0.15, 0.2) is 73.2 Å². The molecule has 3 aromatic rings. The highest BCUT2D eigenvalue weighted by Gasteiger charge is 2.37. The summed E-state index contributed by atoms with van der Waals surface area (Å²) >= 11 is 0. The van der Waals surface area contributed by atoms with Gasteiger partial charge in [0.25, 0.3) is 0 Å². The molecule has 1 aliphatic heterocycles. The van der Waals surface area contributed by atoms with Crippen molar-refractivity contribution in [1.29, 1.82) is 0 Å². The van der Waals surface area contributed by atoms with Crippen LogP contribution in [0.1, 0.15) is 49.9 Å². The van der Waals surface area contributed by atoms with E-state index in [1.807, 2.05) is 74.5 Å². The van der Waals surface area contributed by atoms with Gasteiger partial charge in [-0.3, -0.25) is 19.3 Å². The lowest BCUT2D eigenvalue weighted by atomic mass is 10.0. The maximum absolute atomic E-state index is 13.9. The predicted molar refractivity (Wildman–Crippen MR) is 172 cm³/mol. The van der Waals surface area contributed by atoms with Crippen molar-refractivity contribution in [3.05, 3.63) is 90.0 Å². The minimum absolute atomic E-state index is 0.00124. The number of hydrogen-bond acceptors (Lipinski definition) is 7. The Kier molecular flexibility index (Phi) is 12.5. The van der Waals surface area contributed by atoms with Crippen LogP contribution < -0.4 is 16.0 Å².